The number of hydrogen-bond donors (Lipinski definition) is 0. The topological polar surface area (TPSA) is 20.5 Å². The monoisotopic (exact) mass is 489 g/mol. The molecule has 1 unspecified atom stereocenters. The van der Waals surface area contributed by atoms with Crippen LogP contribution in [0.2, 0.25) is 0 Å². The zero-order valence-electron chi connectivity index (χ0n) is 21.2. The molecule has 0 N–H and O–H groups in total. The first-order valence-electron chi connectivity index (χ1n) is 13.0. The zero-order chi connectivity index (χ0) is 25.5. The van der Waals surface area contributed by atoms with Crippen molar-refractivity contribution >= 4 is 33.2 Å². The molecule has 0 amide bonds. The third-order valence-electron chi connectivity index (χ3n) is 7.45. The number of para-hydroxylation sites is 2. The van der Waals surface area contributed by atoms with Crippen LogP contribution in [-0.2, 0) is 0 Å². The van der Waals surface area contributed by atoms with Gasteiger partial charge in [0.25, 0.3) is 0 Å². The lowest BCUT2D eigenvalue weighted by atomic mass is 10.0. The van der Waals surface area contributed by atoms with Crippen molar-refractivity contribution in [1.82, 2.24) is 9.47 Å². The minimum atomic E-state index is -0.127. The molecule has 1 atom stereocenters. The molecule has 0 saturated heterocycles. The predicted molar refractivity (Wildman–Crippen MR) is 159 cm³/mol. The Bertz CT molecular complexity index is 1760. The Morgan fingerprint density at radius 2 is 1.08 bits per heavy atom. The summed E-state index contributed by atoms with van der Waals surface area (Å²) in [5, 5.41) is 2.54. The lowest BCUT2D eigenvalue weighted by Crippen LogP contribution is -2.27. The van der Waals surface area contributed by atoms with Gasteiger partial charge in [0.05, 0.1) is 16.7 Å². The largest absolute Gasteiger partial charge is 0.349 e. The minimum absolute atomic E-state index is 0.127. The molecule has 2 heterocycles. The van der Waals surface area contributed by atoms with Crippen LogP contribution >= 0.6 is 0 Å². The van der Waals surface area contributed by atoms with Crippen molar-refractivity contribution in [2.45, 2.75) is 6.17 Å². The quantitative estimate of drug-likeness (QED) is 0.244. The van der Waals surface area contributed by atoms with Crippen LogP contribution in [0.15, 0.2) is 145 Å². The van der Waals surface area contributed by atoms with Crippen molar-refractivity contribution in [1.29, 1.82) is 0 Å². The van der Waals surface area contributed by atoms with Gasteiger partial charge < -0.3 is 9.47 Å². The Hall–Kier alpha value is -4.89. The van der Waals surface area contributed by atoms with Crippen LogP contribution in [0.25, 0.3) is 33.2 Å². The van der Waals surface area contributed by atoms with E-state index in [2.05, 4.69) is 150 Å². The van der Waals surface area contributed by atoms with Gasteiger partial charge in [-0.3, -0.25) is 4.99 Å². The minimum Gasteiger partial charge on any atom is -0.349 e. The third-order valence-corrected chi connectivity index (χ3v) is 7.45. The van der Waals surface area contributed by atoms with Crippen LogP contribution in [0, 0.1) is 0 Å². The van der Waals surface area contributed by atoms with E-state index in [4.69, 9.17) is 4.99 Å². The highest BCUT2D eigenvalue weighted by atomic mass is 15.2. The second-order valence-corrected chi connectivity index (χ2v) is 9.72. The summed E-state index contributed by atoms with van der Waals surface area (Å²) in [6.07, 6.45) is 2.07. The van der Waals surface area contributed by atoms with E-state index >= 15 is 0 Å². The van der Waals surface area contributed by atoms with Crippen molar-refractivity contribution in [2.75, 3.05) is 7.05 Å². The number of hydrogen-bond acceptors (Lipinski definition) is 2. The first-order chi connectivity index (χ1) is 18.8. The molecule has 3 nitrogen and oxygen atoms in total. The van der Waals surface area contributed by atoms with Gasteiger partial charge in [-0.25, -0.2) is 0 Å². The van der Waals surface area contributed by atoms with E-state index in [1.54, 1.807) is 0 Å². The molecular weight excluding hydrogens is 462 g/mol. The average Bonchev–Trinajstić information content (AvgIpc) is 3.33. The summed E-state index contributed by atoms with van der Waals surface area (Å²) in [6, 6.07) is 47.2. The summed E-state index contributed by atoms with van der Waals surface area (Å²) in [5.74, 6) is 0. The molecule has 0 fully saturated rings. The highest BCUT2D eigenvalue weighted by Crippen LogP contribution is 2.36. The Kier molecular flexibility index (Phi) is 5.41. The third kappa shape index (κ3) is 3.72. The van der Waals surface area contributed by atoms with Crippen molar-refractivity contribution < 1.29 is 0 Å². The Balaban J connectivity index is 1.33. The van der Waals surface area contributed by atoms with E-state index in [0.717, 1.165) is 28.2 Å². The maximum absolute atomic E-state index is 5.23. The number of nitrogens with zero attached hydrogens (tertiary/aromatic N) is 3. The van der Waals surface area contributed by atoms with E-state index < -0.39 is 0 Å². The van der Waals surface area contributed by atoms with Gasteiger partial charge in [-0.1, -0.05) is 109 Å². The van der Waals surface area contributed by atoms with E-state index in [9.17, 15) is 0 Å². The summed E-state index contributed by atoms with van der Waals surface area (Å²) in [4.78, 5) is 7.51. The maximum Gasteiger partial charge on any atom is 0.147 e. The van der Waals surface area contributed by atoms with Crippen LogP contribution in [0.1, 0.15) is 22.9 Å². The Morgan fingerprint density at radius 3 is 1.68 bits per heavy atom. The molecule has 6 aromatic rings. The number of benzene rings is 5. The van der Waals surface area contributed by atoms with Crippen LogP contribution in [0.5, 0.6) is 0 Å². The summed E-state index contributed by atoms with van der Waals surface area (Å²) < 4.78 is 2.35. The predicted octanol–water partition coefficient (Wildman–Crippen LogP) is 8.26. The molecular formula is C35H27N3. The number of aromatic nitrogens is 1. The maximum atomic E-state index is 5.23. The molecule has 1 aliphatic rings. The second-order valence-electron chi connectivity index (χ2n) is 9.72. The van der Waals surface area contributed by atoms with E-state index in [1.807, 2.05) is 6.07 Å². The Morgan fingerprint density at radius 1 is 0.553 bits per heavy atom. The van der Waals surface area contributed by atoms with Gasteiger partial charge in [0.15, 0.2) is 0 Å². The number of fused-ring (bicyclic) bond motifs is 3. The van der Waals surface area contributed by atoms with Crippen molar-refractivity contribution in [3.05, 3.63) is 156 Å². The molecule has 0 radical (unpaired) electrons. The van der Waals surface area contributed by atoms with Gasteiger partial charge >= 0.3 is 0 Å². The Labute approximate surface area is 222 Å². The number of aliphatic imine (C=N–C) groups is 1. The molecule has 38 heavy (non-hydrogen) atoms. The van der Waals surface area contributed by atoms with Gasteiger partial charge in [-0.05, 0) is 47.0 Å². The molecule has 5 aromatic carbocycles. The highest BCUT2D eigenvalue weighted by molar-refractivity contribution is 6.13. The molecule has 0 aliphatic carbocycles. The lowest BCUT2D eigenvalue weighted by Gasteiger charge is -2.34. The highest BCUT2D eigenvalue weighted by Gasteiger charge is 2.25. The number of allylic oxidation sites excluding steroid dienone is 1. The fourth-order valence-electron chi connectivity index (χ4n) is 5.58. The second kappa shape index (κ2) is 9.20. The van der Waals surface area contributed by atoms with Crippen molar-refractivity contribution in [3.63, 3.8) is 0 Å². The van der Waals surface area contributed by atoms with Gasteiger partial charge in [-0.2, -0.15) is 0 Å². The lowest BCUT2D eigenvalue weighted by molar-refractivity contribution is 0.364. The molecule has 0 saturated carbocycles. The molecule has 3 heteroatoms. The smallest absolute Gasteiger partial charge is 0.147 e. The molecule has 0 bridgehead atoms. The van der Waals surface area contributed by atoms with Crippen LogP contribution in [-0.4, -0.2) is 22.2 Å². The van der Waals surface area contributed by atoms with Gasteiger partial charge in [-0.15, -0.1) is 0 Å². The van der Waals surface area contributed by atoms with Crippen LogP contribution < -0.4 is 0 Å². The molecule has 182 valence electrons. The van der Waals surface area contributed by atoms with Gasteiger partial charge in [0.1, 0.15) is 6.17 Å². The molecule has 1 aromatic heterocycles. The fraction of sp³-hybridized carbons (Fsp3) is 0.0571. The van der Waals surface area contributed by atoms with E-state index in [0.29, 0.717) is 0 Å². The standard InChI is InChI=1S/C35H27N3/c1-37-34(26-14-6-3-7-15-26)24-31(25-12-4-2-5-13-25)36-35(37)27-20-22-28(23-21-27)38-32-18-10-8-16-29(32)30-17-9-11-19-33(30)38/h2-24,35H,1H3. The summed E-state index contributed by atoms with van der Waals surface area (Å²) >= 11 is 0. The van der Waals surface area contributed by atoms with Crippen LogP contribution in [0.3, 0.4) is 0 Å². The fourth-order valence-corrected chi connectivity index (χ4v) is 5.58. The molecule has 7 rings (SSSR count). The summed E-state index contributed by atoms with van der Waals surface area (Å²) in [5.41, 5.74) is 9.22. The van der Waals surface area contributed by atoms with E-state index in [-0.39, 0.29) is 6.17 Å². The van der Waals surface area contributed by atoms with E-state index in [1.165, 1.54) is 27.4 Å². The van der Waals surface area contributed by atoms with Gasteiger partial charge in [0.2, 0.25) is 0 Å². The van der Waals surface area contributed by atoms with Gasteiger partial charge in [0, 0.05) is 29.2 Å². The SMILES string of the molecule is CN1C(c2ccccc2)=CC(c2ccccc2)=NC1c1ccc(-n2c3ccccc3c3ccccc32)cc1. The number of rotatable bonds is 4. The first-order valence-corrected chi connectivity index (χ1v) is 13.0. The zero-order valence-corrected chi connectivity index (χ0v) is 21.2. The summed E-state index contributed by atoms with van der Waals surface area (Å²) in [6.45, 7) is 0. The molecule has 1 aliphatic heterocycles. The van der Waals surface area contributed by atoms with Crippen molar-refractivity contribution in [3.8, 4) is 5.69 Å². The normalized spacial score (nSPS) is 15.5. The van der Waals surface area contributed by atoms with Crippen molar-refractivity contribution in [2.24, 2.45) is 4.99 Å². The summed E-state index contributed by atoms with van der Waals surface area (Å²) in [7, 11) is 2.13. The average molecular weight is 490 g/mol. The van der Waals surface area contributed by atoms with Crippen LogP contribution in [0.4, 0.5) is 0 Å². The first kappa shape index (κ1) is 22.3. The molecule has 0 spiro atoms.